The van der Waals surface area contributed by atoms with E-state index in [0.29, 0.717) is 11.1 Å². The Hall–Kier alpha value is -3.15. The second kappa shape index (κ2) is 4.70. The first-order valence-electron chi connectivity index (χ1n) is 6.41. The van der Waals surface area contributed by atoms with Crippen molar-refractivity contribution in [3.8, 4) is 28.7 Å². The maximum absolute atomic E-state index is 12.3. The molecule has 3 rings (SSSR count). The van der Waals surface area contributed by atoms with Crippen molar-refractivity contribution in [2.24, 2.45) is 0 Å². The highest BCUT2D eigenvalue weighted by Crippen LogP contribution is 2.45. The number of ketones is 1. The molecule has 1 aliphatic heterocycles. The number of benzene rings is 2. The molecule has 1 aliphatic rings. The van der Waals surface area contributed by atoms with Crippen molar-refractivity contribution in [1.82, 2.24) is 0 Å². The fourth-order valence-electron chi connectivity index (χ4n) is 2.32. The summed E-state index contributed by atoms with van der Waals surface area (Å²) in [6, 6.07) is 6.52. The van der Waals surface area contributed by atoms with Gasteiger partial charge in [0, 0.05) is 17.2 Å². The van der Waals surface area contributed by atoms with E-state index in [2.05, 4.69) is 0 Å². The first-order valence-corrected chi connectivity index (χ1v) is 6.41. The Morgan fingerprint density at radius 3 is 2.41 bits per heavy atom. The van der Waals surface area contributed by atoms with Crippen LogP contribution in [0.3, 0.4) is 0 Å². The van der Waals surface area contributed by atoms with Crippen molar-refractivity contribution in [1.29, 1.82) is 0 Å². The molecule has 2 aromatic carbocycles. The molecule has 0 bridgehead atoms. The largest absolute Gasteiger partial charge is 0.508 e. The van der Waals surface area contributed by atoms with Gasteiger partial charge in [-0.3, -0.25) is 4.79 Å². The van der Waals surface area contributed by atoms with Crippen LogP contribution in [-0.4, -0.2) is 26.2 Å². The molecule has 2 aromatic rings. The summed E-state index contributed by atoms with van der Waals surface area (Å²) in [6.07, 6.45) is 0. The summed E-state index contributed by atoms with van der Waals surface area (Å²) in [5.41, 5.74) is 0.790. The number of allylic oxidation sites excluding steroid dienone is 2. The smallest absolute Gasteiger partial charge is 0.232 e. The first-order chi connectivity index (χ1) is 10.4. The van der Waals surface area contributed by atoms with Crippen LogP contribution in [0.4, 0.5) is 0 Å². The van der Waals surface area contributed by atoms with Crippen molar-refractivity contribution >= 4 is 11.4 Å². The number of hydrogen-bond acceptors (Lipinski definition) is 6. The summed E-state index contributed by atoms with van der Waals surface area (Å²) in [7, 11) is 0. The molecule has 0 saturated heterocycles. The highest BCUT2D eigenvalue weighted by atomic mass is 16.5. The van der Waals surface area contributed by atoms with Gasteiger partial charge in [0.1, 0.15) is 11.5 Å². The summed E-state index contributed by atoms with van der Waals surface area (Å²) < 4.78 is 5.38. The van der Waals surface area contributed by atoms with Crippen molar-refractivity contribution in [3.63, 3.8) is 0 Å². The Bertz CT molecular complexity index is 835. The van der Waals surface area contributed by atoms with Crippen molar-refractivity contribution in [3.05, 3.63) is 47.2 Å². The molecule has 0 aliphatic carbocycles. The molecular weight excluding hydrogens is 288 g/mol. The lowest BCUT2D eigenvalue weighted by Gasteiger charge is -2.08. The van der Waals surface area contributed by atoms with Crippen LogP contribution in [0.1, 0.15) is 22.8 Å². The van der Waals surface area contributed by atoms with Crippen LogP contribution in [0, 0.1) is 0 Å². The number of fused-ring (bicyclic) bond motifs is 1. The number of carbonyl (C=O) groups is 1. The summed E-state index contributed by atoms with van der Waals surface area (Å²) in [5, 5.41) is 38.4. The SMILES string of the molecule is CC(=C1Oc2c(ccc(O)c2O)C1=O)c1ccc(O)cc1O. The maximum Gasteiger partial charge on any atom is 0.232 e. The van der Waals surface area contributed by atoms with Gasteiger partial charge in [0.2, 0.25) is 11.5 Å². The van der Waals surface area contributed by atoms with Crippen LogP contribution in [-0.2, 0) is 0 Å². The molecule has 0 unspecified atom stereocenters. The van der Waals surface area contributed by atoms with Crippen LogP contribution >= 0.6 is 0 Å². The average Bonchev–Trinajstić information content (AvgIpc) is 2.80. The predicted molar refractivity (Wildman–Crippen MR) is 77.1 cm³/mol. The van der Waals surface area contributed by atoms with E-state index in [9.17, 15) is 25.2 Å². The first kappa shape index (κ1) is 13.8. The van der Waals surface area contributed by atoms with Crippen LogP contribution in [0.15, 0.2) is 36.1 Å². The number of aromatic hydroxyl groups is 4. The van der Waals surface area contributed by atoms with Crippen LogP contribution in [0.25, 0.3) is 5.57 Å². The molecule has 6 heteroatoms. The maximum atomic E-state index is 12.3. The summed E-state index contributed by atoms with van der Waals surface area (Å²) in [6.45, 7) is 1.57. The van der Waals surface area contributed by atoms with E-state index < -0.39 is 17.3 Å². The van der Waals surface area contributed by atoms with Gasteiger partial charge in [-0.25, -0.2) is 0 Å². The number of hydrogen-bond donors (Lipinski definition) is 4. The molecule has 6 nitrogen and oxygen atoms in total. The lowest BCUT2D eigenvalue weighted by molar-refractivity contribution is 0.101. The molecule has 0 saturated carbocycles. The van der Waals surface area contributed by atoms with Crippen LogP contribution < -0.4 is 4.74 Å². The van der Waals surface area contributed by atoms with E-state index in [0.717, 1.165) is 6.07 Å². The number of ether oxygens (including phenoxy) is 1. The Labute approximate surface area is 125 Å². The second-order valence-corrected chi connectivity index (χ2v) is 4.90. The van der Waals surface area contributed by atoms with Gasteiger partial charge in [0.05, 0.1) is 5.56 Å². The van der Waals surface area contributed by atoms with Gasteiger partial charge in [0.25, 0.3) is 0 Å². The number of phenols is 4. The Balaban J connectivity index is 2.14. The van der Waals surface area contributed by atoms with Gasteiger partial charge >= 0.3 is 0 Å². The lowest BCUT2D eigenvalue weighted by Crippen LogP contribution is -2.02. The third-order valence-corrected chi connectivity index (χ3v) is 3.49. The topological polar surface area (TPSA) is 107 Å². The minimum absolute atomic E-state index is 0.0584. The minimum atomic E-state index is -0.511. The molecule has 112 valence electrons. The Morgan fingerprint density at radius 2 is 1.73 bits per heavy atom. The van der Waals surface area contributed by atoms with E-state index in [1.54, 1.807) is 6.92 Å². The molecule has 0 radical (unpaired) electrons. The fraction of sp³-hybridized carbons (Fsp3) is 0.0625. The van der Waals surface area contributed by atoms with E-state index >= 15 is 0 Å². The molecule has 22 heavy (non-hydrogen) atoms. The average molecular weight is 300 g/mol. The van der Waals surface area contributed by atoms with Crippen molar-refractivity contribution in [2.45, 2.75) is 6.92 Å². The monoisotopic (exact) mass is 300 g/mol. The Morgan fingerprint density at radius 1 is 1.00 bits per heavy atom. The normalized spacial score (nSPS) is 15.4. The third-order valence-electron chi connectivity index (χ3n) is 3.49. The molecule has 4 N–H and O–H groups in total. The van der Waals surface area contributed by atoms with E-state index in [-0.39, 0.29) is 28.6 Å². The van der Waals surface area contributed by atoms with Crippen LogP contribution in [0.2, 0.25) is 0 Å². The lowest BCUT2D eigenvalue weighted by atomic mass is 10.0. The molecular formula is C16H12O6. The molecule has 0 amide bonds. The van der Waals surface area contributed by atoms with Crippen LogP contribution in [0.5, 0.6) is 28.7 Å². The van der Waals surface area contributed by atoms with Gasteiger partial charge in [-0.2, -0.15) is 0 Å². The zero-order valence-corrected chi connectivity index (χ0v) is 11.5. The highest BCUT2D eigenvalue weighted by Gasteiger charge is 2.33. The number of carbonyl (C=O) groups excluding carboxylic acids is 1. The van der Waals surface area contributed by atoms with Gasteiger partial charge in [-0.15, -0.1) is 0 Å². The third kappa shape index (κ3) is 1.93. The van der Waals surface area contributed by atoms with Gasteiger partial charge in [-0.1, -0.05) is 0 Å². The minimum Gasteiger partial charge on any atom is -0.508 e. The van der Waals surface area contributed by atoms with Gasteiger partial charge < -0.3 is 25.2 Å². The Kier molecular flexibility index (Phi) is 2.95. The second-order valence-electron chi connectivity index (χ2n) is 4.90. The van der Waals surface area contributed by atoms with E-state index in [1.165, 1.54) is 24.3 Å². The fourth-order valence-corrected chi connectivity index (χ4v) is 2.32. The standard InChI is InChI=1S/C16H12O6/c1-7(9-3-2-8(17)6-12(9)19)15-13(20)10-4-5-11(18)14(21)16(10)22-15/h2-6,17-19,21H,1H3. The molecule has 1 heterocycles. The zero-order chi connectivity index (χ0) is 16.0. The zero-order valence-electron chi connectivity index (χ0n) is 11.5. The van der Waals surface area contributed by atoms with E-state index in [4.69, 9.17) is 4.74 Å². The number of rotatable bonds is 1. The molecule has 0 fully saturated rings. The van der Waals surface area contributed by atoms with Gasteiger partial charge in [0.15, 0.2) is 17.3 Å². The highest BCUT2D eigenvalue weighted by molar-refractivity contribution is 6.16. The number of Topliss-reactive ketones (excluding diaryl/α,β-unsaturated/α-hetero) is 1. The molecule has 0 aromatic heterocycles. The van der Waals surface area contributed by atoms with Crippen molar-refractivity contribution < 1.29 is 30.0 Å². The predicted octanol–water partition coefficient (Wildman–Crippen LogP) is 2.52. The van der Waals surface area contributed by atoms with Crippen molar-refractivity contribution in [2.75, 3.05) is 0 Å². The summed E-state index contributed by atoms with van der Waals surface area (Å²) in [5.74, 6) is -1.85. The summed E-state index contributed by atoms with van der Waals surface area (Å²) >= 11 is 0. The summed E-state index contributed by atoms with van der Waals surface area (Å²) in [4.78, 5) is 12.3. The quantitative estimate of drug-likeness (QED) is 0.476. The van der Waals surface area contributed by atoms with E-state index in [1.807, 2.05) is 0 Å². The van der Waals surface area contributed by atoms with Gasteiger partial charge in [-0.05, 0) is 31.2 Å². The molecule has 0 atom stereocenters. The molecule has 0 spiro atoms. The number of phenolic OH excluding ortho intramolecular Hbond substituents is 4.